The standard InChI is InChI=1S/C19H31N3O2/c1-2-10-20-18(21-11-7-17-6-3-14-24-17)22-12-4-8-19(15-22)9-5-13-23-16-19/h3,6,14H,2,4-5,7-13,15-16H2,1H3,(H,20,21). The molecule has 0 radical (unpaired) electrons. The molecule has 2 fully saturated rings. The van der Waals surface area contributed by atoms with E-state index >= 15 is 0 Å². The third kappa shape index (κ3) is 4.53. The van der Waals surface area contributed by atoms with E-state index < -0.39 is 0 Å². The molecular weight excluding hydrogens is 302 g/mol. The molecule has 134 valence electrons. The lowest BCUT2D eigenvalue weighted by molar-refractivity contribution is -0.0370. The molecule has 5 heteroatoms. The summed E-state index contributed by atoms with van der Waals surface area (Å²) < 4.78 is 11.2. The molecule has 0 bridgehead atoms. The summed E-state index contributed by atoms with van der Waals surface area (Å²) in [6.07, 6.45) is 8.70. The van der Waals surface area contributed by atoms with Crippen LogP contribution in [0.5, 0.6) is 0 Å². The molecule has 1 atom stereocenters. The minimum atomic E-state index is 0.339. The van der Waals surface area contributed by atoms with E-state index in [2.05, 4.69) is 17.1 Å². The van der Waals surface area contributed by atoms with Crippen LogP contribution < -0.4 is 5.32 Å². The second kappa shape index (κ2) is 8.56. The number of piperidine rings is 1. The SMILES string of the molecule is CCCN=C(NCCc1ccco1)N1CCCC2(CCCOC2)C1. The van der Waals surface area contributed by atoms with Crippen molar-refractivity contribution in [2.45, 2.75) is 45.4 Å². The molecule has 1 N–H and O–H groups in total. The van der Waals surface area contributed by atoms with Crippen LogP contribution >= 0.6 is 0 Å². The van der Waals surface area contributed by atoms with Gasteiger partial charge < -0.3 is 19.4 Å². The summed E-state index contributed by atoms with van der Waals surface area (Å²) in [4.78, 5) is 7.28. The number of ether oxygens (including phenoxy) is 1. The summed E-state index contributed by atoms with van der Waals surface area (Å²) in [6.45, 7) is 7.92. The highest BCUT2D eigenvalue weighted by Gasteiger charge is 2.38. The summed E-state index contributed by atoms with van der Waals surface area (Å²) in [5.41, 5.74) is 0.339. The molecule has 0 aromatic carbocycles. The molecule has 0 saturated carbocycles. The maximum Gasteiger partial charge on any atom is 0.193 e. The Labute approximate surface area is 145 Å². The maximum atomic E-state index is 5.80. The Morgan fingerprint density at radius 2 is 2.29 bits per heavy atom. The Balaban J connectivity index is 1.59. The summed E-state index contributed by atoms with van der Waals surface area (Å²) in [7, 11) is 0. The van der Waals surface area contributed by atoms with Gasteiger partial charge in [0.1, 0.15) is 5.76 Å². The smallest absolute Gasteiger partial charge is 0.193 e. The molecule has 2 aliphatic heterocycles. The summed E-state index contributed by atoms with van der Waals surface area (Å²) >= 11 is 0. The first-order valence-corrected chi connectivity index (χ1v) is 9.45. The van der Waals surface area contributed by atoms with Crippen molar-refractivity contribution in [3.8, 4) is 0 Å². The van der Waals surface area contributed by atoms with Gasteiger partial charge in [-0.15, -0.1) is 0 Å². The molecule has 1 unspecified atom stereocenters. The Morgan fingerprint density at radius 1 is 1.38 bits per heavy atom. The molecule has 1 aromatic rings. The monoisotopic (exact) mass is 333 g/mol. The van der Waals surface area contributed by atoms with Crippen molar-refractivity contribution >= 4 is 5.96 Å². The summed E-state index contributed by atoms with van der Waals surface area (Å²) in [5.74, 6) is 2.08. The topological polar surface area (TPSA) is 50.0 Å². The second-order valence-corrected chi connectivity index (χ2v) is 7.14. The number of hydrogen-bond acceptors (Lipinski definition) is 3. The number of rotatable bonds is 5. The van der Waals surface area contributed by atoms with Crippen LogP contribution in [0.25, 0.3) is 0 Å². The molecule has 5 nitrogen and oxygen atoms in total. The van der Waals surface area contributed by atoms with Crippen molar-refractivity contribution in [1.29, 1.82) is 0 Å². The molecule has 2 saturated heterocycles. The quantitative estimate of drug-likeness (QED) is 0.664. The van der Waals surface area contributed by atoms with Crippen LogP contribution in [-0.2, 0) is 11.2 Å². The second-order valence-electron chi connectivity index (χ2n) is 7.14. The van der Waals surface area contributed by atoms with Crippen molar-refractivity contribution in [2.75, 3.05) is 39.4 Å². The first-order chi connectivity index (χ1) is 11.8. The van der Waals surface area contributed by atoms with Crippen molar-refractivity contribution in [1.82, 2.24) is 10.2 Å². The highest BCUT2D eigenvalue weighted by atomic mass is 16.5. The number of nitrogens with zero attached hydrogens (tertiary/aromatic N) is 2. The molecule has 3 rings (SSSR count). The molecule has 0 amide bonds. The molecule has 2 aliphatic rings. The van der Waals surface area contributed by atoms with Crippen molar-refractivity contribution in [3.05, 3.63) is 24.2 Å². The van der Waals surface area contributed by atoms with Crippen LogP contribution in [0.1, 0.15) is 44.8 Å². The van der Waals surface area contributed by atoms with Gasteiger partial charge in [0.15, 0.2) is 5.96 Å². The molecule has 1 spiro atoms. The van der Waals surface area contributed by atoms with Gasteiger partial charge >= 0.3 is 0 Å². The largest absolute Gasteiger partial charge is 0.469 e. The Bertz CT molecular complexity index is 501. The highest BCUT2D eigenvalue weighted by Crippen LogP contribution is 2.37. The summed E-state index contributed by atoms with van der Waals surface area (Å²) in [6, 6.07) is 3.97. The van der Waals surface area contributed by atoms with E-state index in [1.54, 1.807) is 6.26 Å². The van der Waals surface area contributed by atoms with Gasteiger partial charge in [-0.1, -0.05) is 6.92 Å². The van der Waals surface area contributed by atoms with Crippen LogP contribution in [0.3, 0.4) is 0 Å². The van der Waals surface area contributed by atoms with E-state index in [1.165, 1.54) is 25.7 Å². The molecule has 24 heavy (non-hydrogen) atoms. The fourth-order valence-corrected chi connectivity index (χ4v) is 3.86. The lowest BCUT2D eigenvalue weighted by Gasteiger charge is -2.45. The maximum absolute atomic E-state index is 5.80. The van der Waals surface area contributed by atoms with Gasteiger partial charge in [-0.05, 0) is 44.2 Å². The van der Waals surface area contributed by atoms with E-state index in [1.807, 2.05) is 12.1 Å². The van der Waals surface area contributed by atoms with Gasteiger partial charge in [-0.3, -0.25) is 4.99 Å². The average molecular weight is 333 g/mol. The lowest BCUT2D eigenvalue weighted by atomic mass is 9.76. The Kier molecular flexibility index (Phi) is 6.18. The molecule has 0 aliphatic carbocycles. The first-order valence-electron chi connectivity index (χ1n) is 9.45. The third-order valence-corrected chi connectivity index (χ3v) is 5.08. The van der Waals surface area contributed by atoms with E-state index in [4.69, 9.17) is 14.1 Å². The van der Waals surface area contributed by atoms with Gasteiger partial charge in [-0.25, -0.2) is 0 Å². The van der Waals surface area contributed by atoms with Crippen LogP contribution in [0, 0.1) is 5.41 Å². The van der Waals surface area contributed by atoms with Crippen molar-refractivity contribution < 1.29 is 9.15 Å². The first kappa shape index (κ1) is 17.3. The lowest BCUT2D eigenvalue weighted by Crippen LogP contribution is -2.53. The van der Waals surface area contributed by atoms with E-state index in [-0.39, 0.29) is 0 Å². The van der Waals surface area contributed by atoms with Gasteiger partial charge in [0, 0.05) is 44.6 Å². The number of nitrogens with one attached hydrogen (secondary N) is 1. The number of guanidine groups is 1. The Morgan fingerprint density at radius 3 is 3.04 bits per heavy atom. The van der Waals surface area contributed by atoms with E-state index in [0.29, 0.717) is 5.41 Å². The third-order valence-electron chi connectivity index (χ3n) is 5.08. The minimum absolute atomic E-state index is 0.339. The molecule has 1 aromatic heterocycles. The van der Waals surface area contributed by atoms with Crippen LogP contribution in [0.4, 0.5) is 0 Å². The van der Waals surface area contributed by atoms with Crippen molar-refractivity contribution in [3.63, 3.8) is 0 Å². The number of aliphatic imine (C=N–C) groups is 1. The predicted octanol–water partition coefficient (Wildman–Crippen LogP) is 3.07. The number of likely N-dealkylation sites (tertiary alicyclic amines) is 1. The average Bonchev–Trinajstić information content (AvgIpc) is 3.12. The van der Waals surface area contributed by atoms with E-state index in [9.17, 15) is 0 Å². The van der Waals surface area contributed by atoms with Gasteiger partial charge in [0.25, 0.3) is 0 Å². The normalized spacial score (nSPS) is 25.2. The van der Waals surface area contributed by atoms with Crippen LogP contribution in [0.15, 0.2) is 27.8 Å². The van der Waals surface area contributed by atoms with Gasteiger partial charge in [0.2, 0.25) is 0 Å². The molecular formula is C19H31N3O2. The summed E-state index contributed by atoms with van der Waals surface area (Å²) in [5, 5.41) is 3.56. The van der Waals surface area contributed by atoms with E-state index in [0.717, 1.165) is 64.0 Å². The fourth-order valence-electron chi connectivity index (χ4n) is 3.86. The predicted molar refractivity (Wildman–Crippen MR) is 96.3 cm³/mol. The number of furan rings is 1. The minimum Gasteiger partial charge on any atom is -0.469 e. The number of hydrogen-bond donors (Lipinski definition) is 1. The zero-order chi connectivity index (χ0) is 16.7. The zero-order valence-corrected chi connectivity index (χ0v) is 14.9. The molecule has 3 heterocycles. The van der Waals surface area contributed by atoms with Gasteiger partial charge in [0.05, 0.1) is 12.9 Å². The van der Waals surface area contributed by atoms with Crippen LogP contribution in [-0.4, -0.2) is 50.3 Å². The van der Waals surface area contributed by atoms with Gasteiger partial charge in [-0.2, -0.15) is 0 Å². The zero-order valence-electron chi connectivity index (χ0n) is 14.9. The fraction of sp³-hybridized carbons (Fsp3) is 0.737. The van der Waals surface area contributed by atoms with Crippen molar-refractivity contribution in [2.24, 2.45) is 10.4 Å². The van der Waals surface area contributed by atoms with Crippen LogP contribution in [0.2, 0.25) is 0 Å². The highest BCUT2D eigenvalue weighted by molar-refractivity contribution is 5.80. The Hall–Kier alpha value is -1.49.